The number of rotatable bonds is 4. The Morgan fingerprint density at radius 3 is 1.86 bits per heavy atom. The van der Waals surface area contributed by atoms with E-state index in [1.54, 1.807) is 60.7 Å². The van der Waals surface area contributed by atoms with E-state index >= 15 is 0 Å². The normalized spacial score (nSPS) is 28.0. The number of phenolic OH excluding ortho intramolecular Hbond substituents is 1. The van der Waals surface area contributed by atoms with Gasteiger partial charge in [0, 0.05) is 16.0 Å². The van der Waals surface area contributed by atoms with E-state index in [1.165, 1.54) is 23.0 Å². The number of anilines is 2. The second-order valence-corrected chi connectivity index (χ2v) is 12.3. The Morgan fingerprint density at radius 1 is 0.721 bits per heavy atom. The molecule has 7 rings (SSSR count). The standard InChI is InChI=1S/C33H26Cl2N2O6/c1-43-26-14-16(2-13-25(26)38)27-21-11-12-22-28(32(41)36(30(22)39)19-7-3-17(34)4-8-19)23(21)15-24-29(27)33(42)37(31(24)40)20-9-5-18(35)6-10-20/h2-11,13-14,22-24,27-29,38H,12,15H2,1H3/t22-,23+,24+,27-,28-,29+/m0/s1. The lowest BCUT2D eigenvalue weighted by molar-refractivity contribution is -0.126. The van der Waals surface area contributed by atoms with Gasteiger partial charge in [0.1, 0.15) is 0 Å². The van der Waals surface area contributed by atoms with Crippen molar-refractivity contribution < 1.29 is 29.0 Å². The van der Waals surface area contributed by atoms with Crippen molar-refractivity contribution in [1.82, 2.24) is 0 Å². The number of imide groups is 2. The van der Waals surface area contributed by atoms with Gasteiger partial charge in [0.2, 0.25) is 23.6 Å². The quantitative estimate of drug-likeness (QED) is 0.295. The molecular weight excluding hydrogens is 591 g/mol. The lowest BCUT2D eigenvalue weighted by Gasteiger charge is -2.44. The topological polar surface area (TPSA) is 104 Å². The van der Waals surface area contributed by atoms with Crippen LogP contribution in [0.4, 0.5) is 11.4 Å². The number of methoxy groups -OCH3 is 1. The maximum absolute atomic E-state index is 14.1. The van der Waals surface area contributed by atoms with Crippen LogP contribution in [0.25, 0.3) is 0 Å². The summed E-state index contributed by atoms with van der Waals surface area (Å²) < 4.78 is 5.39. The smallest absolute Gasteiger partial charge is 0.238 e. The highest BCUT2D eigenvalue weighted by Crippen LogP contribution is 2.58. The van der Waals surface area contributed by atoms with Crippen LogP contribution in [0.3, 0.4) is 0 Å². The Hall–Kier alpha value is -4.14. The number of phenols is 1. The molecule has 218 valence electrons. The minimum Gasteiger partial charge on any atom is -0.504 e. The molecule has 0 spiro atoms. The first-order valence-electron chi connectivity index (χ1n) is 14.0. The summed E-state index contributed by atoms with van der Waals surface area (Å²) in [5.41, 5.74) is 2.41. The van der Waals surface area contributed by atoms with E-state index in [0.29, 0.717) is 33.4 Å². The summed E-state index contributed by atoms with van der Waals surface area (Å²) in [6, 6.07) is 18.0. The molecule has 3 aromatic rings. The van der Waals surface area contributed by atoms with Crippen molar-refractivity contribution in [1.29, 1.82) is 0 Å². The van der Waals surface area contributed by atoms with E-state index in [9.17, 15) is 24.3 Å². The second-order valence-electron chi connectivity index (χ2n) is 11.4. The summed E-state index contributed by atoms with van der Waals surface area (Å²) in [5.74, 6) is -4.85. The van der Waals surface area contributed by atoms with Gasteiger partial charge in [0.25, 0.3) is 0 Å². The van der Waals surface area contributed by atoms with Crippen LogP contribution < -0.4 is 14.5 Å². The molecule has 6 atom stereocenters. The van der Waals surface area contributed by atoms with Crippen LogP contribution in [0, 0.1) is 29.6 Å². The van der Waals surface area contributed by atoms with Gasteiger partial charge in [-0.25, -0.2) is 0 Å². The summed E-state index contributed by atoms with van der Waals surface area (Å²) >= 11 is 12.1. The van der Waals surface area contributed by atoms with Crippen molar-refractivity contribution >= 4 is 58.2 Å². The largest absolute Gasteiger partial charge is 0.504 e. The highest BCUT2D eigenvalue weighted by Gasteiger charge is 2.62. The molecule has 0 bridgehead atoms. The summed E-state index contributed by atoms with van der Waals surface area (Å²) in [7, 11) is 1.44. The van der Waals surface area contributed by atoms with E-state index in [0.717, 1.165) is 5.57 Å². The molecule has 0 unspecified atom stereocenters. The summed E-state index contributed by atoms with van der Waals surface area (Å²) in [6.45, 7) is 0. The van der Waals surface area contributed by atoms with Gasteiger partial charge in [-0.05, 0) is 85.0 Å². The molecule has 10 heteroatoms. The van der Waals surface area contributed by atoms with Crippen LogP contribution in [-0.2, 0) is 19.2 Å². The number of hydrogen-bond acceptors (Lipinski definition) is 6. The number of carbonyl (C=O) groups is 4. The zero-order valence-electron chi connectivity index (χ0n) is 22.9. The number of allylic oxidation sites excluding steroid dienone is 2. The van der Waals surface area contributed by atoms with Crippen LogP contribution in [0.15, 0.2) is 78.4 Å². The molecule has 8 nitrogen and oxygen atoms in total. The van der Waals surface area contributed by atoms with E-state index in [1.807, 2.05) is 6.08 Å². The molecule has 1 saturated carbocycles. The van der Waals surface area contributed by atoms with Crippen LogP contribution in [0.1, 0.15) is 24.3 Å². The zero-order chi connectivity index (χ0) is 30.2. The first-order chi connectivity index (χ1) is 20.7. The van der Waals surface area contributed by atoms with Crippen molar-refractivity contribution in [3.05, 3.63) is 94.0 Å². The molecule has 2 saturated heterocycles. The molecule has 2 aliphatic carbocycles. The lowest BCUT2D eigenvalue weighted by atomic mass is 9.57. The first kappa shape index (κ1) is 27.7. The van der Waals surface area contributed by atoms with Crippen molar-refractivity contribution in [2.45, 2.75) is 18.8 Å². The van der Waals surface area contributed by atoms with E-state index in [4.69, 9.17) is 27.9 Å². The Kier molecular flexibility index (Phi) is 6.59. The fourth-order valence-corrected chi connectivity index (χ4v) is 7.79. The van der Waals surface area contributed by atoms with Crippen molar-refractivity contribution in [3.8, 4) is 11.5 Å². The third kappa shape index (κ3) is 4.18. The molecular formula is C33H26Cl2N2O6. The number of halogens is 2. The third-order valence-electron chi connectivity index (χ3n) is 9.38. The van der Waals surface area contributed by atoms with Gasteiger partial charge in [0.05, 0.1) is 42.2 Å². The number of ether oxygens (including phenoxy) is 1. The summed E-state index contributed by atoms with van der Waals surface area (Å²) in [6.07, 6.45) is 2.56. The van der Waals surface area contributed by atoms with Crippen molar-refractivity contribution in [2.75, 3.05) is 16.9 Å². The second kappa shape index (κ2) is 10.2. The van der Waals surface area contributed by atoms with Gasteiger partial charge in [-0.2, -0.15) is 0 Å². The van der Waals surface area contributed by atoms with E-state index in [-0.39, 0.29) is 41.5 Å². The predicted molar refractivity (Wildman–Crippen MR) is 160 cm³/mol. The molecule has 4 amide bonds. The van der Waals surface area contributed by atoms with Crippen LogP contribution >= 0.6 is 23.2 Å². The minimum atomic E-state index is -0.740. The number of aromatic hydroxyl groups is 1. The van der Waals surface area contributed by atoms with Crippen LogP contribution in [0.2, 0.25) is 10.0 Å². The van der Waals surface area contributed by atoms with Crippen LogP contribution in [0.5, 0.6) is 11.5 Å². The Labute approximate surface area is 257 Å². The van der Waals surface area contributed by atoms with Gasteiger partial charge in [0.15, 0.2) is 11.5 Å². The highest BCUT2D eigenvalue weighted by molar-refractivity contribution is 6.31. The summed E-state index contributed by atoms with van der Waals surface area (Å²) in [5, 5.41) is 11.3. The van der Waals surface area contributed by atoms with Gasteiger partial charge in [-0.1, -0.05) is 40.9 Å². The number of fused-ring (bicyclic) bond motifs is 4. The molecule has 4 aliphatic rings. The Balaban J connectivity index is 1.34. The maximum atomic E-state index is 14.1. The van der Waals surface area contributed by atoms with E-state index in [2.05, 4.69) is 0 Å². The van der Waals surface area contributed by atoms with Crippen molar-refractivity contribution in [2.24, 2.45) is 29.6 Å². The molecule has 3 fully saturated rings. The zero-order valence-corrected chi connectivity index (χ0v) is 24.5. The van der Waals surface area contributed by atoms with E-state index < -0.39 is 35.5 Å². The predicted octanol–water partition coefficient (Wildman–Crippen LogP) is 5.75. The first-order valence-corrected chi connectivity index (χ1v) is 14.8. The van der Waals surface area contributed by atoms with Gasteiger partial charge in [-0.3, -0.25) is 29.0 Å². The van der Waals surface area contributed by atoms with Crippen LogP contribution in [-0.4, -0.2) is 35.8 Å². The highest BCUT2D eigenvalue weighted by atomic mass is 35.5. The molecule has 1 N–H and O–H groups in total. The molecule has 2 heterocycles. The number of nitrogens with zero attached hydrogens (tertiary/aromatic N) is 2. The average molecular weight is 617 g/mol. The molecule has 2 aliphatic heterocycles. The Bertz CT molecular complexity index is 1720. The maximum Gasteiger partial charge on any atom is 0.238 e. The SMILES string of the molecule is COc1cc([C@H]2C3=CC[C@@H]4C(=O)N(c5ccc(Cl)cc5)C(=O)[C@@H]4[C@@H]3C[C@H]3C(=O)N(c4ccc(Cl)cc4)C(=O)[C@@H]23)ccc1O. The Morgan fingerprint density at radius 2 is 1.28 bits per heavy atom. The molecule has 43 heavy (non-hydrogen) atoms. The fraction of sp³-hybridized carbons (Fsp3) is 0.273. The van der Waals surface area contributed by atoms with Crippen molar-refractivity contribution in [3.63, 3.8) is 0 Å². The monoisotopic (exact) mass is 616 g/mol. The number of amides is 4. The summed E-state index contributed by atoms with van der Waals surface area (Å²) in [4.78, 5) is 58.3. The van der Waals surface area contributed by atoms with Gasteiger partial charge in [-0.15, -0.1) is 0 Å². The minimum absolute atomic E-state index is 0.0559. The molecule has 0 radical (unpaired) electrons. The number of carbonyl (C=O) groups excluding carboxylic acids is 4. The fourth-order valence-electron chi connectivity index (χ4n) is 7.54. The lowest BCUT2D eigenvalue weighted by Crippen LogP contribution is -2.43. The van der Waals surface area contributed by atoms with Gasteiger partial charge >= 0.3 is 0 Å². The number of hydrogen-bond donors (Lipinski definition) is 1. The molecule has 0 aromatic heterocycles. The average Bonchev–Trinajstić information content (AvgIpc) is 3.41. The number of benzene rings is 3. The third-order valence-corrected chi connectivity index (χ3v) is 9.88. The van der Waals surface area contributed by atoms with Gasteiger partial charge < -0.3 is 9.84 Å². The molecule has 3 aromatic carbocycles.